The van der Waals surface area contributed by atoms with Crippen molar-refractivity contribution in [1.82, 2.24) is 5.32 Å². The zero-order chi connectivity index (χ0) is 13.4. The van der Waals surface area contributed by atoms with Crippen molar-refractivity contribution in [2.45, 2.75) is 50.4 Å². The summed E-state index contributed by atoms with van der Waals surface area (Å²) >= 11 is 1.81. The lowest BCUT2D eigenvalue weighted by molar-refractivity contribution is -0.188. The second-order valence-electron chi connectivity index (χ2n) is 4.71. The van der Waals surface area contributed by atoms with Crippen molar-refractivity contribution < 1.29 is 17.9 Å². The van der Waals surface area contributed by atoms with Gasteiger partial charge in [0.25, 0.3) is 0 Å². The summed E-state index contributed by atoms with van der Waals surface area (Å²) in [5.74, 6) is 1.12. The molecular formula is C12H22F3NOS. The molecule has 0 saturated heterocycles. The molecule has 0 aromatic carbocycles. The molecule has 18 heavy (non-hydrogen) atoms. The van der Waals surface area contributed by atoms with Gasteiger partial charge in [0.1, 0.15) is 6.61 Å². The van der Waals surface area contributed by atoms with Gasteiger partial charge in [-0.25, -0.2) is 0 Å². The largest absolute Gasteiger partial charge is 0.411 e. The van der Waals surface area contributed by atoms with Gasteiger partial charge in [-0.15, -0.1) is 0 Å². The Morgan fingerprint density at radius 1 is 1.33 bits per heavy atom. The van der Waals surface area contributed by atoms with Gasteiger partial charge >= 0.3 is 6.18 Å². The Labute approximate surface area is 111 Å². The van der Waals surface area contributed by atoms with E-state index in [0.29, 0.717) is 12.5 Å². The van der Waals surface area contributed by atoms with Crippen LogP contribution in [0, 0.1) is 0 Å². The Morgan fingerprint density at radius 2 is 2.11 bits per heavy atom. The molecule has 0 heterocycles. The minimum atomic E-state index is -4.21. The monoisotopic (exact) mass is 285 g/mol. The first-order valence-electron chi connectivity index (χ1n) is 6.42. The Hall–Kier alpha value is 0.0600. The van der Waals surface area contributed by atoms with Gasteiger partial charge in [-0.2, -0.15) is 24.9 Å². The molecule has 0 bridgehead atoms. The number of hydrogen-bond acceptors (Lipinski definition) is 3. The van der Waals surface area contributed by atoms with Crippen LogP contribution in [0.3, 0.4) is 0 Å². The Balaban J connectivity index is 2.15. The van der Waals surface area contributed by atoms with Gasteiger partial charge in [0.15, 0.2) is 0 Å². The number of alkyl halides is 3. The van der Waals surface area contributed by atoms with Crippen LogP contribution < -0.4 is 5.32 Å². The van der Waals surface area contributed by atoms with E-state index in [1.54, 1.807) is 0 Å². The lowest BCUT2D eigenvalue weighted by atomic mass is 9.93. The van der Waals surface area contributed by atoms with Crippen molar-refractivity contribution >= 4 is 11.8 Å². The predicted octanol–water partition coefficient (Wildman–Crippen LogP) is 3.22. The summed E-state index contributed by atoms with van der Waals surface area (Å²) in [4.78, 5) is 0. The summed E-state index contributed by atoms with van der Waals surface area (Å²) in [6.45, 7) is -0.172. The molecule has 0 radical (unpaired) electrons. The van der Waals surface area contributed by atoms with Gasteiger partial charge in [0, 0.05) is 6.04 Å². The number of nitrogens with one attached hydrogen (secondary N) is 1. The first-order valence-corrected chi connectivity index (χ1v) is 7.81. The summed E-state index contributed by atoms with van der Waals surface area (Å²) in [6.07, 6.45) is 2.17. The maximum Gasteiger partial charge on any atom is 0.411 e. The molecular weight excluding hydrogens is 263 g/mol. The van der Waals surface area contributed by atoms with Crippen LogP contribution in [0.15, 0.2) is 0 Å². The summed E-state index contributed by atoms with van der Waals surface area (Å²) in [5, 5.41) is 3.41. The molecule has 1 aliphatic rings. The van der Waals surface area contributed by atoms with Crippen LogP contribution in [0.1, 0.15) is 32.1 Å². The normalized spacial score (nSPS) is 25.3. The quantitative estimate of drug-likeness (QED) is 0.726. The van der Waals surface area contributed by atoms with Crippen molar-refractivity contribution in [3.8, 4) is 0 Å². The fraction of sp³-hybridized carbons (Fsp3) is 1.00. The molecule has 0 aromatic rings. The third-order valence-corrected chi connectivity index (χ3v) is 3.76. The van der Waals surface area contributed by atoms with Gasteiger partial charge in [-0.1, -0.05) is 0 Å². The Kier molecular flexibility index (Phi) is 7.41. The molecule has 2 nitrogen and oxygen atoms in total. The summed E-state index contributed by atoms with van der Waals surface area (Å²) in [7, 11) is 0. The second kappa shape index (κ2) is 8.27. The highest BCUT2D eigenvalue weighted by atomic mass is 32.2. The van der Waals surface area contributed by atoms with E-state index in [4.69, 9.17) is 4.74 Å². The Morgan fingerprint density at radius 3 is 2.78 bits per heavy atom. The van der Waals surface area contributed by atoms with E-state index in [-0.39, 0.29) is 6.10 Å². The minimum Gasteiger partial charge on any atom is -0.369 e. The second-order valence-corrected chi connectivity index (χ2v) is 5.70. The summed E-state index contributed by atoms with van der Waals surface area (Å²) < 4.78 is 41.1. The summed E-state index contributed by atoms with van der Waals surface area (Å²) in [5.41, 5.74) is 0. The van der Waals surface area contributed by atoms with Crippen LogP contribution in [0.5, 0.6) is 0 Å². The zero-order valence-electron chi connectivity index (χ0n) is 10.8. The zero-order valence-corrected chi connectivity index (χ0v) is 11.6. The van der Waals surface area contributed by atoms with E-state index in [0.717, 1.165) is 38.0 Å². The number of halogens is 3. The lowest BCUT2D eigenvalue weighted by Crippen LogP contribution is -2.38. The van der Waals surface area contributed by atoms with Gasteiger partial charge in [0.05, 0.1) is 6.10 Å². The molecule has 1 rings (SSSR count). The van der Waals surface area contributed by atoms with Crippen molar-refractivity contribution in [1.29, 1.82) is 0 Å². The molecule has 1 saturated carbocycles. The first kappa shape index (κ1) is 16.1. The predicted molar refractivity (Wildman–Crippen MR) is 69.1 cm³/mol. The highest BCUT2D eigenvalue weighted by molar-refractivity contribution is 7.98. The lowest BCUT2D eigenvalue weighted by Gasteiger charge is -2.30. The molecule has 2 unspecified atom stereocenters. The van der Waals surface area contributed by atoms with Crippen molar-refractivity contribution in [3.05, 3.63) is 0 Å². The smallest absolute Gasteiger partial charge is 0.369 e. The third-order valence-electron chi connectivity index (χ3n) is 3.07. The van der Waals surface area contributed by atoms with Crippen LogP contribution >= 0.6 is 11.8 Å². The van der Waals surface area contributed by atoms with Gasteiger partial charge in [-0.3, -0.25) is 0 Å². The van der Waals surface area contributed by atoms with Crippen LogP contribution in [0.2, 0.25) is 0 Å². The fourth-order valence-corrected chi connectivity index (χ4v) is 2.65. The average molecular weight is 285 g/mol. The topological polar surface area (TPSA) is 21.3 Å². The highest BCUT2D eigenvalue weighted by Gasteiger charge is 2.31. The average Bonchev–Trinajstić information content (AvgIpc) is 2.32. The SMILES string of the molecule is CSCCCNC1CCCC(OCC(F)(F)F)C1. The highest BCUT2D eigenvalue weighted by Crippen LogP contribution is 2.24. The number of thioether (sulfide) groups is 1. The summed E-state index contributed by atoms with van der Waals surface area (Å²) in [6, 6.07) is 0.318. The van der Waals surface area contributed by atoms with E-state index in [1.165, 1.54) is 0 Å². The minimum absolute atomic E-state index is 0.238. The molecule has 0 spiro atoms. The van der Waals surface area contributed by atoms with Gasteiger partial charge in [0.2, 0.25) is 0 Å². The Bertz CT molecular complexity index is 226. The molecule has 2 atom stereocenters. The van der Waals surface area contributed by atoms with Crippen LogP contribution in [0.4, 0.5) is 13.2 Å². The van der Waals surface area contributed by atoms with Crippen molar-refractivity contribution in [2.24, 2.45) is 0 Å². The molecule has 6 heteroatoms. The molecule has 108 valence electrons. The van der Waals surface area contributed by atoms with Gasteiger partial charge in [-0.05, 0) is 50.7 Å². The maximum absolute atomic E-state index is 12.1. The first-order chi connectivity index (χ1) is 8.51. The van der Waals surface area contributed by atoms with Crippen LogP contribution in [-0.2, 0) is 4.74 Å². The van der Waals surface area contributed by atoms with Crippen LogP contribution in [-0.4, -0.2) is 43.5 Å². The molecule has 0 aliphatic heterocycles. The number of ether oxygens (including phenoxy) is 1. The maximum atomic E-state index is 12.1. The van der Waals surface area contributed by atoms with E-state index in [2.05, 4.69) is 11.6 Å². The number of rotatable bonds is 7. The third kappa shape index (κ3) is 7.48. The van der Waals surface area contributed by atoms with E-state index >= 15 is 0 Å². The molecule has 1 fully saturated rings. The van der Waals surface area contributed by atoms with Crippen molar-refractivity contribution in [2.75, 3.05) is 25.2 Å². The molecule has 1 N–H and O–H groups in total. The standard InChI is InChI=1S/C12H22F3NOS/c1-18-7-3-6-16-10-4-2-5-11(8-10)17-9-12(13,14)15/h10-11,16H,2-9H2,1H3. The van der Waals surface area contributed by atoms with Gasteiger partial charge < -0.3 is 10.1 Å². The van der Waals surface area contributed by atoms with E-state index < -0.39 is 12.8 Å². The molecule has 0 amide bonds. The van der Waals surface area contributed by atoms with Crippen molar-refractivity contribution in [3.63, 3.8) is 0 Å². The van der Waals surface area contributed by atoms with E-state index in [1.807, 2.05) is 11.8 Å². The molecule has 1 aliphatic carbocycles. The molecule has 0 aromatic heterocycles. The van der Waals surface area contributed by atoms with Crippen LogP contribution in [0.25, 0.3) is 0 Å². The fourth-order valence-electron chi connectivity index (χ4n) is 2.22. The van der Waals surface area contributed by atoms with E-state index in [9.17, 15) is 13.2 Å². The number of hydrogen-bond donors (Lipinski definition) is 1.